The van der Waals surface area contributed by atoms with E-state index in [4.69, 9.17) is 11.5 Å². The van der Waals surface area contributed by atoms with Crippen molar-refractivity contribution in [3.63, 3.8) is 0 Å². The zero-order valence-corrected chi connectivity index (χ0v) is 27.8. The predicted octanol–water partition coefficient (Wildman–Crippen LogP) is 3.02. The number of rotatable bonds is 22. The fourth-order valence-electron chi connectivity index (χ4n) is 5.44. The fraction of sp³-hybridized carbons (Fsp3) is 0.667. The van der Waals surface area contributed by atoms with Crippen LogP contribution in [-0.4, -0.2) is 65.0 Å². The molecule has 1 rings (SSSR count). The summed E-state index contributed by atoms with van der Waals surface area (Å²) in [6, 6.07) is 4.17. The molecule has 1 aromatic rings. The number of carbonyl (C=O) groups is 5. The minimum absolute atomic E-state index is 0.00422. The van der Waals surface area contributed by atoms with Gasteiger partial charge in [-0.05, 0) is 31.2 Å². The van der Waals surface area contributed by atoms with Crippen molar-refractivity contribution in [1.82, 2.24) is 16.0 Å². The van der Waals surface area contributed by atoms with Crippen molar-refractivity contribution in [2.45, 2.75) is 122 Å². The predicted molar refractivity (Wildman–Crippen MR) is 171 cm³/mol. The van der Waals surface area contributed by atoms with E-state index in [2.05, 4.69) is 17.6 Å². The number of unbranched alkanes of at least 4 members (excludes halogenated alkanes) is 5. The molecule has 0 bridgehead atoms. The van der Waals surface area contributed by atoms with E-state index < -0.39 is 84.6 Å². The second-order valence-electron chi connectivity index (χ2n) is 12.4. The molecule has 266 valence electrons. The van der Waals surface area contributed by atoms with Crippen molar-refractivity contribution in [2.75, 3.05) is 0 Å². The fourth-order valence-corrected chi connectivity index (χ4v) is 5.44. The summed E-state index contributed by atoms with van der Waals surface area (Å²) in [6.45, 7) is 6.90. The SMILES string of the molecule is CCCCCCCCC(C(N)=O)[C@@H](C(=O)N[C@@H](Cc1ccccc1)C(=O)N[C@@H](C)C(=O)N[C@H](CCC(N)=O)C(O)C(F)(F)F)C(C)C. The van der Waals surface area contributed by atoms with E-state index in [1.165, 1.54) is 6.92 Å². The Morgan fingerprint density at radius 3 is 1.94 bits per heavy atom. The lowest BCUT2D eigenvalue weighted by molar-refractivity contribution is -0.212. The Kier molecular flexibility index (Phi) is 18.1. The van der Waals surface area contributed by atoms with E-state index in [-0.39, 0.29) is 12.3 Å². The standard InChI is InChI=1S/C33H52F3N5O6/c1-5-6-7-8-9-13-16-23(29(38)44)27(20(2)3)32(47)41-25(19-22-14-11-10-12-15-22)31(46)39-21(4)30(45)40-24(17-18-26(37)42)28(43)33(34,35)36/h10-12,14-15,20-21,23-25,27-28,43H,5-9,13,16-19H2,1-4H3,(H2,37,42)(H2,38,44)(H,39,46)(H,40,45)(H,41,47)/t21-,23?,24+,25-,27-,28?/m0/s1. The summed E-state index contributed by atoms with van der Waals surface area (Å²) in [5.41, 5.74) is 11.5. The van der Waals surface area contributed by atoms with Crippen LogP contribution in [0.2, 0.25) is 0 Å². The van der Waals surface area contributed by atoms with Crippen LogP contribution in [0.5, 0.6) is 0 Å². The first-order chi connectivity index (χ1) is 22.0. The highest BCUT2D eigenvalue weighted by Crippen LogP contribution is 2.27. The second kappa shape index (κ2) is 20.5. The molecule has 0 saturated heterocycles. The quantitative estimate of drug-likeness (QED) is 0.103. The average molecular weight is 672 g/mol. The van der Waals surface area contributed by atoms with Gasteiger partial charge in [0, 0.05) is 18.8 Å². The van der Waals surface area contributed by atoms with Crippen molar-refractivity contribution < 1.29 is 42.3 Å². The van der Waals surface area contributed by atoms with E-state index >= 15 is 0 Å². The Bertz CT molecular complexity index is 1150. The van der Waals surface area contributed by atoms with E-state index in [9.17, 15) is 42.3 Å². The molecule has 0 spiro atoms. The Morgan fingerprint density at radius 2 is 1.40 bits per heavy atom. The number of alkyl halides is 3. The smallest absolute Gasteiger partial charge is 0.382 e. The molecule has 8 N–H and O–H groups in total. The lowest BCUT2D eigenvalue weighted by atomic mass is 9.79. The minimum Gasteiger partial charge on any atom is -0.382 e. The van der Waals surface area contributed by atoms with Gasteiger partial charge in [-0.25, -0.2) is 0 Å². The number of halogens is 3. The van der Waals surface area contributed by atoms with Crippen LogP contribution in [0.1, 0.15) is 91.0 Å². The minimum atomic E-state index is -5.10. The van der Waals surface area contributed by atoms with Gasteiger partial charge >= 0.3 is 6.18 Å². The third-order valence-electron chi connectivity index (χ3n) is 8.10. The number of aliphatic hydroxyl groups excluding tert-OH is 1. The van der Waals surface area contributed by atoms with Crippen LogP contribution in [0, 0.1) is 17.8 Å². The van der Waals surface area contributed by atoms with Gasteiger partial charge in [-0.1, -0.05) is 89.6 Å². The zero-order chi connectivity index (χ0) is 35.7. The lowest BCUT2D eigenvalue weighted by Gasteiger charge is -2.30. The summed E-state index contributed by atoms with van der Waals surface area (Å²) in [7, 11) is 0. The number of primary amides is 2. The van der Waals surface area contributed by atoms with E-state index in [0.717, 1.165) is 32.1 Å². The maximum atomic E-state index is 13.7. The summed E-state index contributed by atoms with van der Waals surface area (Å²) >= 11 is 0. The third-order valence-corrected chi connectivity index (χ3v) is 8.10. The van der Waals surface area contributed by atoms with Crippen LogP contribution in [-0.2, 0) is 30.4 Å². The van der Waals surface area contributed by atoms with Gasteiger partial charge in [-0.2, -0.15) is 13.2 Å². The van der Waals surface area contributed by atoms with Crippen LogP contribution in [0.3, 0.4) is 0 Å². The van der Waals surface area contributed by atoms with Gasteiger partial charge < -0.3 is 32.5 Å². The van der Waals surface area contributed by atoms with Crippen LogP contribution in [0.25, 0.3) is 0 Å². The summed E-state index contributed by atoms with van der Waals surface area (Å²) in [6.07, 6.45) is -2.91. The van der Waals surface area contributed by atoms with Gasteiger partial charge in [0.15, 0.2) is 6.10 Å². The number of benzene rings is 1. The largest absolute Gasteiger partial charge is 0.416 e. The first-order valence-electron chi connectivity index (χ1n) is 16.3. The second-order valence-corrected chi connectivity index (χ2v) is 12.4. The molecule has 47 heavy (non-hydrogen) atoms. The normalized spacial score (nSPS) is 15.5. The van der Waals surface area contributed by atoms with Crippen molar-refractivity contribution >= 4 is 29.5 Å². The summed E-state index contributed by atoms with van der Waals surface area (Å²) in [5.74, 6) is -5.90. The Labute approximate surface area is 275 Å². The molecule has 14 heteroatoms. The maximum Gasteiger partial charge on any atom is 0.416 e. The van der Waals surface area contributed by atoms with Crippen LogP contribution >= 0.6 is 0 Å². The Morgan fingerprint density at radius 1 is 0.809 bits per heavy atom. The maximum absolute atomic E-state index is 13.7. The molecule has 2 unspecified atom stereocenters. The van der Waals surface area contributed by atoms with Crippen LogP contribution < -0.4 is 27.4 Å². The van der Waals surface area contributed by atoms with Crippen LogP contribution in [0.4, 0.5) is 13.2 Å². The molecule has 0 radical (unpaired) electrons. The number of amides is 5. The Balaban J connectivity index is 3.15. The molecule has 0 aliphatic carbocycles. The first-order valence-corrected chi connectivity index (χ1v) is 16.3. The molecule has 11 nitrogen and oxygen atoms in total. The van der Waals surface area contributed by atoms with Crippen molar-refractivity contribution in [1.29, 1.82) is 0 Å². The molecule has 1 aromatic carbocycles. The van der Waals surface area contributed by atoms with Crippen molar-refractivity contribution in [2.24, 2.45) is 29.2 Å². The van der Waals surface area contributed by atoms with Gasteiger partial charge in [0.25, 0.3) is 0 Å². The molecule has 0 saturated carbocycles. The average Bonchev–Trinajstić information content (AvgIpc) is 2.98. The molecular formula is C33H52F3N5O6. The number of aliphatic hydroxyl groups is 1. The number of nitrogens with one attached hydrogen (secondary N) is 3. The highest BCUT2D eigenvalue weighted by molar-refractivity contribution is 5.94. The number of hydrogen-bond donors (Lipinski definition) is 6. The number of nitrogens with two attached hydrogens (primary N) is 2. The number of carbonyl (C=O) groups excluding carboxylic acids is 5. The molecule has 6 atom stereocenters. The highest BCUT2D eigenvalue weighted by Gasteiger charge is 2.44. The summed E-state index contributed by atoms with van der Waals surface area (Å²) in [5, 5.41) is 16.9. The summed E-state index contributed by atoms with van der Waals surface area (Å²) < 4.78 is 39.7. The summed E-state index contributed by atoms with van der Waals surface area (Å²) in [4.78, 5) is 63.8. The van der Waals surface area contributed by atoms with Gasteiger partial charge in [0.2, 0.25) is 29.5 Å². The van der Waals surface area contributed by atoms with Crippen molar-refractivity contribution in [3.05, 3.63) is 35.9 Å². The van der Waals surface area contributed by atoms with Gasteiger partial charge in [-0.3, -0.25) is 24.0 Å². The zero-order valence-electron chi connectivity index (χ0n) is 27.8. The molecule has 0 aliphatic rings. The monoisotopic (exact) mass is 671 g/mol. The topological polar surface area (TPSA) is 194 Å². The molecular weight excluding hydrogens is 619 g/mol. The highest BCUT2D eigenvalue weighted by atomic mass is 19.4. The van der Waals surface area contributed by atoms with E-state index in [1.54, 1.807) is 44.2 Å². The molecule has 0 fully saturated rings. The number of hydrogen-bond acceptors (Lipinski definition) is 6. The van der Waals surface area contributed by atoms with Gasteiger partial charge in [0.1, 0.15) is 12.1 Å². The van der Waals surface area contributed by atoms with Crippen LogP contribution in [0.15, 0.2) is 30.3 Å². The van der Waals surface area contributed by atoms with Gasteiger partial charge in [0.05, 0.1) is 12.0 Å². The Hall–Kier alpha value is -3.68. The van der Waals surface area contributed by atoms with E-state index in [0.29, 0.717) is 18.4 Å². The molecule has 5 amide bonds. The van der Waals surface area contributed by atoms with Crippen molar-refractivity contribution in [3.8, 4) is 0 Å². The third kappa shape index (κ3) is 15.2. The van der Waals surface area contributed by atoms with E-state index in [1.807, 2.05) is 5.32 Å². The molecule has 0 heterocycles. The molecule has 0 aromatic heterocycles. The first kappa shape index (κ1) is 41.3. The molecule has 0 aliphatic heterocycles. The lowest BCUT2D eigenvalue weighted by Crippen LogP contribution is -2.58. The van der Waals surface area contributed by atoms with Gasteiger partial charge in [-0.15, -0.1) is 0 Å².